The standard InChI is InChI=1S/C35H60N2O21/c1-16(41)36-23-18(43)12-35(34(50)51,57-30(23)25(46)19(44)13-38)58-31-26(47)20(14-39)54-33(28(31)49)56-29-21(15-40)55-32(24(27(29)48)37-17(2)42)53-11-9-7-5-4-6-8-10-22(45)52-3/h18-21,23-33,38-40,43-44,46-49H,4-15H2,1-3H3,(H,36,41)(H,37,42)(H,50,51)/p-1/t18-,19+,20+,21+,23+,24+,25+,26-,27+,28+,29+,30+,31-,32+,33-,35-/m0/s1. The molecule has 3 aliphatic heterocycles. The zero-order valence-corrected chi connectivity index (χ0v) is 32.6. The van der Waals surface area contributed by atoms with E-state index in [0.29, 0.717) is 19.3 Å². The third-order valence-corrected chi connectivity index (χ3v) is 10.1. The number of rotatable bonds is 22. The van der Waals surface area contributed by atoms with Gasteiger partial charge in [0, 0.05) is 33.3 Å². The summed E-state index contributed by atoms with van der Waals surface area (Å²) in [6.45, 7) is -0.560. The van der Waals surface area contributed by atoms with Gasteiger partial charge >= 0.3 is 5.97 Å². The maximum Gasteiger partial charge on any atom is 0.305 e. The molecule has 0 spiro atoms. The number of methoxy groups -OCH3 is 1. The monoisotopic (exact) mass is 843 g/mol. The molecule has 0 unspecified atom stereocenters. The number of aliphatic hydroxyl groups is 9. The summed E-state index contributed by atoms with van der Waals surface area (Å²) < 4.78 is 38.9. The lowest BCUT2D eigenvalue weighted by molar-refractivity contribution is -0.410. The van der Waals surface area contributed by atoms with E-state index >= 15 is 0 Å². The SMILES string of the molecule is COC(=O)CCCCCCCCO[C@@H]1O[C@H](CO)[C@@H](O[C@@H]2O[C@H](CO)[C@H](O)[C@H](O[C@]3(C(=O)[O-])C[C@H](O)[C@@H](NC(C)=O)[C@H]([C@H](O)[C@H](O)CO)O3)[C@H]2O)[C@H](O)[C@H]1NC(C)=O. The Hall–Kier alpha value is -2.72. The number of ether oxygens (including phenoxy) is 7. The quantitative estimate of drug-likeness (QED) is 0.0356. The highest BCUT2D eigenvalue weighted by molar-refractivity contribution is 5.75. The van der Waals surface area contributed by atoms with Crippen molar-refractivity contribution in [2.45, 2.75) is 163 Å². The van der Waals surface area contributed by atoms with Crippen molar-refractivity contribution < 1.29 is 103 Å². The van der Waals surface area contributed by atoms with Gasteiger partial charge in [0.05, 0.1) is 39.1 Å². The van der Waals surface area contributed by atoms with Crippen molar-refractivity contribution in [2.24, 2.45) is 0 Å². The van der Waals surface area contributed by atoms with Crippen LogP contribution >= 0.6 is 0 Å². The zero-order chi connectivity index (χ0) is 43.3. The Kier molecular flexibility index (Phi) is 20.0. The van der Waals surface area contributed by atoms with Crippen molar-refractivity contribution in [1.29, 1.82) is 0 Å². The molecule has 11 N–H and O–H groups in total. The number of aliphatic hydroxyl groups excluding tert-OH is 9. The smallest absolute Gasteiger partial charge is 0.305 e. The fourth-order valence-electron chi connectivity index (χ4n) is 7.07. The lowest BCUT2D eigenvalue weighted by Gasteiger charge is -2.52. The van der Waals surface area contributed by atoms with E-state index in [9.17, 15) is 70.2 Å². The van der Waals surface area contributed by atoms with Gasteiger partial charge in [-0.25, -0.2) is 0 Å². The molecule has 336 valence electrons. The van der Waals surface area contributed by atoms with Crippen LogP contribution in [0.15, 0.2) is 0 Å². The van der Waals surface area contributed by atoms with Crippen LogP contribution in [0.25, 0.3) is 0 Å². The van der Waals surface area contributed by atoms with E-state index in [0.717, 1.165) is 39.5 Å². The number of carboxylic acid groups (broad SMARTS) is 1. The Balaban J connectivity index is 1.79. The summed E-state index contributed by atoms with van der Waals surface area (Å²) in [5.41, 5.74) is 0. The lowest BCUT2D eigenvalue weighted by atomic mass is 9.88. The number of amides is 2. The van der Waals surface area contributed by atoms with Crippen LogP contribution in [0.2, 0.25) is 0 Å². The molecule has 23 heteroatoms. The zero-order valence-electron chi connectivity index (χ0n) is 32.6. The second-order valence-corrected chi connectivity index (χ2v) is 14.5. The highest BCUT2D eigenvalue weighted by Crippen LogP contribution is 2.38. The molecule has 0 aromatic heterocycles. The van der Waals surface area contributed by atoms with Gasteiger partial charge in [0.15, 0.2) is 12.6 Å². The highest BCUT2D eigenvalue weighted by Gasteiger charge is 2.58. The molecule has 3 fully saturated rings. The van der Waals surface area contributed by atoms with Gasteiger partial charge in [-0.15, -0.1) is 0 Å². The molecule has 3 aliphatic rings. The number of hydrogen-bond acceptors (Lipinski definition) is 21. The van der Waals surface area contributed by atoms with Gasteiger partial charge < -0.3 is 99.7 Å². The van der Waals surface area contributed by atoms with Gasteiger partial charge in [0.25, 0.3) is 0 Å². The average molecular weight is 844 g/mol. The summed E-state index contributed by atoms with van der Waals surface area (Å²) in [6.07, 6.45) is -20.5. The van der Waals surface area contributed by atoms with Gasteiger partial charge in [-0.05, 0) is 12.8 Å². The third-order valence-electron chi connectivity index (χ3n) is 10.1. The van der Waals surface area contributed by atoms with E-state index < -0.39 is 142 Å². The van der Waals surface area contributed by atoms with Gasteiger partial charge in [0.2, 0.25) is 17.6 Å². The van der Waals surface area contributed by atoms with Crippen molar-refractivity contribution in [3.05, 3.63) is 0 Å². The second kappa shape index (κ2) is 23.3. The van der Waals surface area contributed by atoms with Crippen LogP contribution in [0, 0.1) is 0 Å². The molecule has 16 atom stereocenters. The first-order valence-corrected chi connectivity index (χ1v) is 19.1. The van der Waals surface area contributed by atoms with Crippen molar-refractivity contribution in [3.63, 3.8) is 0 Å². The van der Waals surface area contributed by atoms with Gasteiger partial charge in [-0.3, -0.25) is 14.4 Å². The molecule has 0 bridgehead atoms. The summed E-state index contributed by atoms with van der Waals surface area (Å²) in [6, 6.07) is -2.90. The summed E-state index contributed by atoms with van der Waals surface area (Å²) in [7, 11) is 1.33. The van der Waals surface area contributed by atoms with E-state index in [1.54, 1.807) is 0 Å². The van der Waals surface area contributed by atoms with E-state index in [1.807, 2.05) is 0 Å². The Morgan fingerprint density at radius 1 is 0.793 bits per heavy atom. The van der Waals surface area contributed by atoms with Crippen molar-refractivity contribution in [2.75, 3.05) is 33.5 Å². The fourth-order valence-corrected chi connectivity index (χ4v) is 7.07. The Morgan fingerprint density at radius 2 is 1.38 bits per heavy atom. The van der Waals surface area contributed by atoms with Crippen LogP contribution in [-0.2, 0) is 52.3 Å². The van der Waals surface area contributed by atoms with Crippen LogP contribution < -0.4 is 15.7 Å². The minimum Gasteiger partial charge on any atom is -0.544 e. The van der Waals surface area contributed by atoms with Gasteiger partial charge in [-0.2, -0.15) is 0 Å². The minimum atomic E-state index is -3.16. The largest absolute Gasteiger partial charge is 0.544 e. The molecule has 0 aliphatic carbocycles. The molecule has 3 rings (SSSR count). The molecule has 0 aromatic rings. The molecular formula is C35H59N2O21-. The Bertz CT molecular complexity index is 1310. The fraction of sp³-hybridized carbons (Fsp3) is 0.886. The summed E-state index contributed by atoms with van der Waals surface area (Å²) in [5, 5.41) is 113. The van der Waals surface area contributed by atoms with E-state index in [1.165, 1.54) is 7.11 Å². The third kappa shape index (κ3) is 12.9. The topological polar surface area (TPSA) is 362 Å². The molecular weight excluding hydrogens is 784 g/mol. The normalized spacial score (nSPS) is 36.4. The predicted molar refractivity (Wildman–Crippen MR) is 187 cm³/mol. The number of unbranched alkanes of at least 4 members (excludes halogenated alkanes) is 5. The summed E-state index contributed by atoms with van der Waals surface area (Å²) >= 11 is 0. The first-order valence-electron chi connectivity index (χ1n) is 19.1. The summed E-state index contributed by atoms with van der Waals surface area (Å²) in [5.74, 6) is -7.03. The number of hydrogen-bond donors (Lipinski definition) is 11. The van der Waals surface area contributed by atoms with E-state index in [-0.39, 0.29) is 12.6 Å². The molecule has 3 heterocycles. The van der Waals surface area contributed by atoms with Crippen molar-refractivity contribution in [3.8, 4) is 0 Å². The highest BCUT2D eigenvalue weighted by atomic mass is 16.8. The van der Waals surface area contributed by atoms with Crippen LogP contribution in [0.4, 0.5) is 0 Å². The van der Waals surface area contributed by atoms with Crippen molar-refractivity contribution >= 4 is 23.8 Å². The molecule has 23 nitrogen and oxygen atoms in total. The first-order chi connectivity index (χ1) is 27.4. The van der Waals surface area contributed by atoms with Crippen molar-refractivity contribution in [1.82, 2.24) is 10.6 Å². The maximum atomic E-state index is 12.7. The van der Waals surface area contributed by atoms with Crippen LogP contribution in [-0.4, -0.2) is 201 Å². The van der Waals surface area contributed by atoms with Crippen LogP contribution in [0.5, 0.6) is 0 Å². The van der Waals surface area contributed by atoms with Gasteiger partial charge in [0.1, 0.15) is 73.1 Å². The maximum absolute atomic E-state index is 12.7. The minimum absolute atomic E-state index is 0.123. The van der Waals surface area contributed by atoms with Crippen LogP contribution in [0.1, 0.15) is 65.2 Å². The molecule has 3 saturated heterocycles. The number of esters is 1. The summed E-state index contributed by atoms with van der Waals surface area (Å²) in [4.78, 5) is 48.0. The molecule has 0 aromatic carbocycles. The number of carbonyl (C=O) groups excluding carboxylic acids is 4. The van der Waals surface area contributed by atoms with E-state index in [2.05, 4.69) is 15.4 Å². The Labute approximate surface area is 334 Å². The number of carbonyl (C=O) groups is 4. The van der Waals surface area contributed by atoms with E-state index in [4.69, 9.17) is 28.4 Å². The molecule has 0 radical (unpaired) electrons. The number of aliphatic carboxylic acids is 1. The predicted octanol–water partition coefficient (Wildman–Crippen LogP) is -6.49. The Morgan fingerprint density at radius 3 is 1.95 bits per heavy atom. The lowest BCUT2D eigenvalue weighted by Crippen LogP contribution is -2.72. The second-order valence-electron chi connectivity index (χ2n) is 14.5. The molecule has 58 heavy (non-hydrogen) atoms. The van der Waals surface area contributed by atoms with Crippen LogP contribution in [0.3, 0.4) is 0 Å². The number of carboxylic acids is 1. The molecule has 0 saturated carbocycles. The first kappa shape index (κ1) is 49.6. The van der Waals surface area contributed by atoms with Gasteiger partial charge in [-0.1, -0.05) is 25.7 Å². The average Bonchev–Trinajstić information content (AvgIpc) is 3.18. The number of nitrogens with one attached hydrogen (secondary N) is 2. The molecule has 2 amide bonds.